The summed E-state index contributed by atoms with van der Waals surface area (Å²) in [5.74, 6) is 1.14. The highest BCUT2D eigenvalue weighted by atomic mass is 79.9. The molecule has 0 unspecified atom stereocenters. The van der Waals surface area contributed by atoms with Crippen molar-refractivity contribution in [1.29, 1.82) is 0 Å². The third-order valence-corrected chi connectivity index (χ3v) is 3.47. The van der Waals surface area contributed by atoms with Gasteiger partial charge in [-0.1, -0.05) is 28.1 Å². The number of ether oxygens (including phenoxy) is 2. The molecule has 0 aliphatic carbocycles. The van der Waals surface area contributed by atoms with Crippen LogP contribution in [0, 0.1) is 0 Å². The van der Waals surface area contributed by atoms with Crippen molar-refractivity contribution in [2.45, 2.75) is 0 Å². The van der Waals surface area contributed by atoms with Crippen molar-refractivity contribution < 1.29 is 14.3 Å². The van der Waals surface area contributed by atoms with Crippen molar-refractivity contribution in [2.75, 3.05) is 12.1 Å². The van der Waals surface area contributed by atoms with E-state index in [4.69, 9.17) is 9.47 Å². The molecule has 0 atom stereocenters. The van der Waals surface area contributed by atoms with Crippen LogP contribution in [0.25, 0.3) is 6.08 Å². The summed E-state index contributed by atoms with van der Waals surface area (Å²) in [6.45, 7) is 0.218. The molecule has 1 N–H and O–H groups in total. The first kappa shape index (κ1) is 13.7. The molecule has 2 aromatic carbocycles. The fourth-order valence-electron chi connectivity index (χ4n) is 1.90. The van der Waals surface area contributed by atoms with Crippen molar-refractivity contribution in [3.05, 3.63) is 58.6 Å². The molecule has 0 bridgehead atoms. The molecular formula is C16H12BrNO3. The van der Waals surface area contributed by atoms with Crippen LogP contribution in [-0.4, -0.2) is 12.7 Å². The van der Waals surface area contributed by atoms with Gasteiger partial charge in [0.15, 0.2) is 11.5 Å². The van der Waals surface area contributed by atoms with Gasteiger partial charge in [-0.2, -0.15) is 0 Å². The van der Waals surface area contributed by atoms with Crippen LogP contribution in [-0.2, 0) is 4.79 Å². The van der Waals surface area contributed by atoms with Crippen LogP contribution in [0.1, 0.15) is 5.56 Å². The molecule has 0 spiro atoms. The van der Waals surface area contributed by atoms with Gasteiger partial charge in [0.2, 0.25) is 12.7 Å². The summed E-state index contributed by atoms with van der Waals surface area (Å²) in [5.41, 5.74) is 1.63. The number of halogens is 1. The smallest absolute Gasteiger partial charge is 0.248 e. The van der Waals surface area contributed by atoms with E-state index in [1.165, 1.54) is 6.08 Å². The maximum Gasteiger partial charge on any atom is 0.248 e. The predicted octanol–water partition coefficient (Wildman–Crippen LogP) is 3.83. The monoisotopic (exact) mass is 345 g/mol. The van der Waals surface area contributed by atoms with Gasteiger partial charge in [-0.15, -0.1) is 0 Å². The molecule has 0 aromatic heterocycles. The summed E-state index contributed by atoms with van der Waals surface area (Å²) >= 11 is 3.37. The van der Waals surface area contributed by atoms with Crippen LogP contribution >= 0.6 is 15.9 Å². The Kier molecular flexibility index (Phi) is 3.92. The van der Waals surface area contributed by atoms with Crippen LogP contribution in [0.15, 0.2) is 53.0 Å². The van der Waals surface area contributed by atoms with E-state index in [1.54, 1.807) is 24.3 Å². The summed E-state index contributed by atoms with van der Waals surface area (Å²) < 4.78 is 11.5. The largest absolute Gasteiger partial charge is 0.454 e. The second kappa shape index (κ2) is 6.01. The SMILES string of the molecule is O=C(C=Cc1ccc(Br)cc1)Nc1ccc2c(c1)OCO2. The fraction of sp³-hybridized carbons (Fsp3) is 0.0625. The Labute approximate surface area is 130 Å². The third kappa shape index (κ3) is 3.44. The summed E-state index contributed by atoms with van der Waals surface area (Å²) in [7, 11) is 0. The molecule has 0 saturated heterocycles. The van der Waals surface area contributed by atoms with Gasteiger partial charge in [-0.25, -0.2) is 0 Å². The van der Waals surface area contributed by atoms with Crippen molar-refractivity contribution in [3.8, 4) is 11.5 Å². The fourth-order valence-corrected chi connectivity index (χ4v) is 2.17. The number of benzene rings is 2. The minimum atomic E-state index is -0.197. The molecule has 1 aliphatic heterocycles. The lowest BCUT2D eigenvalue weighted by Gasteiger charge is -2.03. The van der Waals surface area contributed by atoms with Crippen LogP contribution < -0.4 is 14.8 Å². The number of fused-ring (bicyclic) bond motifs is 1. The molecule has 21 heavy (non-hydrogen) atoms. The van der Waals surface area contributed by atoms with E-state index < -0.39 is 0 Å². The van der Waals surface area contributed by atoms with Crippen molar-refractivity contribution in [1.82, 2.24) is 0 Å². The maximum absolute atomic E-state index is 11.9. The highest BCUT2D eigenvalue weighted by molar-refractivity contribution is 9.10. The number of nitrogens with one attached hydrogen (secondary N) is 1. The molecule has 5 heteroatoms. The lowest BCUT2D eigenvalue weighted by atomic mass is 10.2. The molecule has 1 amide bonds. The Balaban J connectivity index is 1.65. The molecular weight excluding hydrogens is 334 g/mol. The number of anilines is 1. The first-order valence-corrected chi connectivity index (χ1v) is 7.14. The zero-order valence-corrected chi connectivity index (χ0v) is 12.6. The molecule has 2 aromatic rings. The van der Waals surface area contributed by atoms with E-state index in [0.29, 0.717) is 17.2 Å². The average Bonchev–Trinajstić information content (AvgIpc) is 2.94. The van der Waals surface area contributed by atoms with E-state index in [1.807, 2.05) is 24.3 Å². The van der Waals surface area contributed by atoms with Crippen LogP contribution in [0.2, 0.25) is 0 Å². The average molecular weight is 346 g/mol. The van der Waals surface area contributed by atoms with Gasteiger partial charge in [0.05, 0.1) is 0 Å². The zero-order chi connectivity index (χ0) is 14.7. The van der Waals surface area contributed by atoms with E-state index in [9.17, 15) is 4.79 Å². The Morgan fingerprint density at radius 2 is 1.86 bits per heavy atom. The maximum atomic E-state index is 11.9. The Morgan fingerprint density at radius 1 is 1.10 bits per heavy atom. The van der Waals surface area contributed by atoms with Crippen LogP contribution in [0.3, 0.4) is 0 Å². The number of rotatable bonds is 3. The van der Waals surface area contributed by atoms with Crippen molar-refractivity contribution >= 4 is 33.6 Å². The summed E-state index contributed by atoms with van der Waals surface area (Å²) in [6.07, 6.45) is 3.25. The van der Waals surface area contributed by atoms with E-state index >= 15 is 0 Å². The molecule has 1 aliphatic rings. The molecule has 0 fully saturated rings. The van der Waals surface area contributed by atoms with Gasteiger partial charge in [0.1, 0.15) is 0 Å². The van der Waals surface area contributed by atoms with Gasteiger partial charge in [0, 0.05) is 22.3 Å². The first-order chi connectivity index (χ1) is 10.2. The predicted molar refractivity (Wildman–Crippen MR) is 84.4 cm³/mol. The molecule has 106 valence electrons. The standard InChI is InChI=1S/C16H12BrNO3/c17-12-4-1-11(2-5-12)3-8-16(19)18-13-6-7-14-15(9-13)21-10-20-14/h1-9H,10H2,(H,18,19). The summed E-state index contributed by atoms with van der Waals surface area (Å²) in [4.78, 5) is 11.9. The van der Waals surface area contributed by atoms with Gasteiger partial charge in [-0.05, 0) is 35.9 Å². The van der Waals surface area contributed by atoms with Gasteiger partial charge in [0.25, 0.3) is 0 Å². The van der Waals surface area contributed by atoms with E-state index in [0.717, 1.165) is 10.0 Å². The first-order valence-electron chi connectivity index (χ1n) is 6.35. The van der Waals surface area contributed by atoms with Gasteiger partial charge < -0.3 is 14.8 Å². The molecule has 4 nitrogen and oxygen atoms in total. The minimum absolute atomic E-state index is 0.197. The highest BCUT2D eigenvalue weighted by Crippen LogP contribution is 2.34. The number of amides is 1. The Morgan fingerprint density at radius 3 is 2.67 bits per heavy atom. The minimum Gasteiger partial charge on any atom is -0.454 e. The number of carbonyl (C=O) groups excluding carboxylic acids is 1. The summed E-state index contributed by atoms with van der Waals surface area (Å²) in [5, 5.41) is 2.78. The lowest BCUT2D eigenvalue weighted by Crippen LogP contribution is -2.07. The second-order valence-electron chi connectivity index (χ2n) is 4.44. The van der Waals surface area contributed by atoms with Crippen molar-refractivity contribution in [2.24, 2.45) is 0 Å². The van der Waals surface area contributed by atoms with Crippen molar-refractivity contribution in [3.63, 3.8) is 0 Å². The molecule has 0 radical (unpaired) electrons. The van der Waals surface area contributed by atoms with Gasteiger partial charge >= 0.3 is 0 Å². The molecule has 1 heterocycles. The lowest BCUT2D eigenvalue weighted by molar-refractivity contribution is -0.111. The van der Waals surface area contributed by atoms with Crippen LogP contribution in [0.4, 0.5) is 5.69 Å². The highest BCUT2D eigenvalue weighted by Gasteiger charge is 2.13. The van der Waals surface area contributed by atoms with Gasteiger partial charge in [-0.3, -0.25) is 4.79 Å². The molecule has 3 rings (SSSR count). The number of hydrogen-bond donors (Lipinski definition) is 1. The summed E-state index contributed by atoms with van der Waals surface area (Å²) in [6, 6.07) is 13.0. The van der Waals surface area contributed by atoms with E-state index in [-0.39, 0.29) is 12.7 Å². The Bertz CT molecular complexity index is 695. The normalized spacial score (nSPS) is 12.6. The number of hydrogen-bond acceptors (Lipinski definition) is 3. The second-order valence-corrected chi connectivity index (χ2v) is 5.36. The van der Waals surface area contributed by atoms with E-state index in [2.05, 4.69) is 21.2 Å². The van der Waals surface area contributed by atoms with Crippen LogP contribution in [0.5, 0.6) is 11.5 Å². The Hall–Kier alpha value is -2.27. The third-order valence-electron chi connectivity index (χ3n) is 2.94. The number of carbonyl (C=O) groups is 1. The topological polar surface area (TPSA) is 47.6 Å². The zero-order valence-electron chi connectivity index (χ0n) is 11.0. The molecule has 0 saturated carbocycles. The quantitative estimate of drug-likeness (QED) is 0.860.